The van der Waals surface area contributed by atoms with Gasteiger partial charge in [-0.1, -0.05) is 48.5 Å². The minimum absolute atomic E-state index is 0.211. The van der Waals surface area contributed by atoms with E-state index in [-0.39, 0.29) is 4.75 Å². The maximum atomic E-state index is 12.6. The van der Waals surface area contributed by atoms with E-state index in [9.17, 15) is 4.21 Å². The molecule has 1 unspecified atom stereocenters. The van der Waals surface area contributed by atoms with E-state index >= 15 is 0 Å². The summed E-state index contributed by atoms with van der Waals surface area (Å²) < 4.78 is 12.4. The molecule has 2 heteroatoms. The smallest absolute Gasteiger partial charge is 0.0586 e. The van der Waals surface area contributed by atoms with Gasteiger partial charge in [0.2, 0.25) is 0 Å². The Bertz CT molecular complexity index is 532. The van der Waals surface area contributed by atoms with Crippen molar-refractivity contribution >= 4 is 10.8 Å². The first-order valence-corrected chi connectivity index (χ1v) is 7.75. The van der Waals surface area contributed by atoms with Gasteiger partial charge < -0.3 is 0 Å². The monoisotopic (exact) mass is 272 g/mol. The van der Waals surface area contributed by atoms with E-state index in [4.69, 9.17) is 0 Å². The third-order valence-electron chi connectivity index (χ3n) is 3.32. The summed E-state index contributed by atoms with van der Waals surface area (Å²) in [5, 5.41) is 0. The molecule has 0 spiro atoms. The normalized spacial score (nSPS) is 13.2. The van der Waals surface area contributed by atoms with Crippen LogP contribution >= 0.6 is 0 Å². The van der Waals surface area contributed by atoms with Crippen LogP contribution in [-0.4, -0.2) is 8.96 Å². The van der Waals surface area contributed by atoms with Crippen LogP contribution < -0.4 is 0 Å². The van der Waals surface area contributed by atoms with Crippen molar-refractivity contribution in [3.05, 3.63) is 66.2 Å². The lowest BCUT2D eigenvalue weighted by Gasteiger charge is -2.24. The lowest BCUT2D eigenvalue weighted by molar-refractivity contribution is 0.590. The summed E-state index contributed by atoms with van der Waals surface area (Å²) in [4.78, 5) is 0.917. The molecule has 1 atom stereocenters. The number of benzene rings is 2. The third kappa shape index (κ3) is 3.77. The maximum Gasteiger partial charge on any atom is 0.0586 e. The molecule has 0 aromatic heterocycles. The molecule has 2 aromatic carbocycles. The van der Waals surface area contributed by atoms with Crippen molar-refractivity contribution in [1.82, 2.24) is 0 Å². The van der Waals surface area contributed by atoms with Crippen molar-refractivity contribution in [3.63, 3.8) is 0 Å². The van der Waals surface area contributed by atoms with E-state index in [0.29, 0.717) is 0 Å². The summed E-state index contributed by atoms with van der Waals surface area (Å²) in [5.41, 5.74) is 1.31. The van der Waals surface area contributed by atoms with E-state index in [1.807, 2.05) is 36.4 Å². The van der Waals surface area contributed by atoms with Crippen LogP contribution in [0.15, 0.2) is 65.6 Å². The summed E-state index contributed by atoms with van der Waals surface area (Å²) in [6.07, 6.45) is 1.88. The molecule has 100 valence electrons. The third-order valence-corrected chi connectivity index (χ3v) is 5.23. The SMILES string of the molecule is CC(C)(CCc1ccccc1)S(=O)c1ccccc1. The van der Waals surface area contributed by atoms with Gasteiger partial charge in [0.25, 0.3) is 0 Å². The molecule has 2 rings (SSSR count). The fourth-order valence-electron chi connectivity index (χ4n) is 2.05. The number of hydrogen-bond acceptors (Lipinski definition) is 1. The van der Waals surface area contributed by atoms with Crippen molar-refractivity contribution in [2.24, 2.45) is 0 Å². The van der Waals surface area contributed by atoms with Crippen LogP contribution in [0.3, 0.4) is 0 Å². The quantitative estimate of drug-likeness (QED) is 0.797. The molecule has 19 heavy (non-hydrogen) atoms. The maximum absolute atomic E-state index is 12.6. The average Bonchev–Trinajstić information content (AvgIpc) is 2.46. The van der Waals surface area contributed by atoms with E-state index in [1.54, 1.807) is 0 Å². The highest BCUT2D eigenvalue weighted by molar-refractivity contribution is 7.86. The molecule has 0 bridgehead atoms. The van der Waals surface area contributed by atoms with Crippen molar-refractivity contribution < 1.29 is 4.21 Å². The molecule has 1 nitrogen and oxygen atoms in total. The molecular weight excluding hydrogens is 252 g/mol. The van der Waals surface area contributed by atoms with E-state index < -0.39 is 10.8 Å². The van der Waals surface area contributed by atoms with Gasteiger partial charge in [0.05, 0.1) is 10.8 Å². The van der Waals surface area contributed by atoms with Gasteiger partial charge in [0, 0.05) is 9.64 Å². The van der Waals surface area contributed by atoms with Gasteiger partial charge >= 0.3 is 0 Å². The van der Waals surface area contributed by atoms with Crippen LogP contribution in [0.1, 0.15) is 25.8 Å². The van der Waals surface area contributed by atoms with Crippen molar-refractivity contribution in [2.75, 3.05) is 0 Å². The molecular formula is C17H20OS. The summed E-state index contributed by atoms with van der Waals surface area (Å²) >= 11 is 0. The van der Waals surface area contributed by atoms with Gasteiger partial charge in [-0.15, -0.1) is 0 Å². The molecule has 0 saturated heterocycles. The molecule has 2 aromatic rings. The first-order valence-electron chi connectivity index (χ1n) is 6.60. The van der Waals surface area contributed by atoms with Crippen molar-refractivity contribution in [2.45, 2.75) is 36.3 Å². The van der Waals surface area contributed by atoms with E-state index in [0.717, 1.165) is 17.7 Å². The summed E-state index contributed by atoms with van der Waals surface area (Å²) in [6, 6.07) is 20.1. The Labute approximate surface area is 118 Å². The predicted molar refractivity (Wildman–Crippen MR) is 81.7 cm³/mol. The fraction of sp³-hybridized carbons (Fsp3) is 0.294. The lowest BCUT2D eigenvalue weighted by atomic mass is 10.0. The average molecular weight is 272 g/mol. The van der Waals surface area contributed by atoms with Gasteiger partial charge in [-0.25, -0.2) is 0 Å². The molecule has 0 heterocycles. The lowest BCUT2D eigenvalue weighted by Crippen LogP contribution is -2.27. The van der Waals surface area contributed by atoms with Gasteiger partial charge in [0.1, 0.15) is 0 Å². The van der Waals surface area contributed by atoms with Crippen LogP contribution in [0.2, 0.25) is 0 Å². The zero-order valence-corrected chi connectivity index (χ0v) is 12.3. The summed E-state index contributed by atoms with van der Waals surface area (Å²) in [5.74, 6) is 0. The van der Waals surface area contributed by atoms with Crippen LogP contribution in [0, 0.1) is 0 Å². The highest BCUT2D eigenvalue weighted by Gasteiger charge is 2.26. The van der Waals surface area contributed by atoms with Gasteiger partial charge in [-0.05, 0) is 44.4 Å². The topological polar surface area (TPSA) is 17.1 Å². The zero-order chi connectivity index (χ0) is 13.7. The molecule has 0 radical (unpaired) electrons. The Morgan fingerprint density at radius 2 is 1.42 bits per heavy atom. The van der Waals surface area contributed by atoms with Gasteiger partial charge in [-0.3, -0.25) is 4.21 Å². The van der Waals surface area contributed by atoms with Crippen molar-refractivity contribution in [1.29, 1.82) is 0 Å². The standard InChI is InChI=1S/C17H20OS/c1-17(2,14-13-15-9-5-3-6-10-15)19(18)16-11-7-4-8-12-16/h3-12H,13-14H2,1-2H3. The van der Waals surface area contributed by atoms with Crippen molar-refractivity contribution in [3.8, 4) is 0 Å². The predicted octanol–water partition coefficient (Wildman–Crippen LogP) is 4.21. The minimum Gasteiger partial charge on any atom is -0.254 e. The Morgan fingerprint density at radius 3 is 2.00 bits per heavy atom. The highest BCUT2D eigenvalue weighted by atomic mass is 32.2. The largest absolute Gasteiger partial charge is 0.254 e. The molecule has 0 fully saturated rings. The summed E-state index contributed by atoms with van der Waals surface area (Å²) in [6.45, 7) is 4.16. The molecule has 0 N–H and O–H groups in total. The fourth-order valence-corrected chi connectivity index (χ4v) is 3.38. The van der Waals surface area contributed by atoms with E-state index in [2.05, 4.69) is 38.1 Å². The molecule has 0 aliphatic rings. The first kappa shape index (κ1) is 14.0. The zero-order valence-electron chi connectivity index (χ0n) is 11.5. The van der Waals surface area contributed by atoms with Crippen LogP contribution in [0.4, 0.5) is 0 Å². The molecule has 0 amide bonds. The number of hydrogen-bond donors (Lipinski definition) is 0. The molecule has 0 aliphatic heterocycles. The number of rotatable bonds is 5. The second-order valence-corrected chi connectivity index (χ2v) is 7.44. The Hall–Kier alpha value is -1.41. The number of aryl methyl sites for hydroxylation is 1. The minimum atomic E-state index is -0.967. The summed E-state index contributed by atoms with van der Waals surface area (Å²) in [7, 11) is -0.967. The van der Waals surface area contributed by atoms with Gasteiger partial charge in [0.15, 0.2) is 0 Å². The Balaban J connectivity index is 2.04. The molecule has 0 saturated carbocycles. The Morgan fingerprint density at radius 1 is 0.895 bits per heavy atom. The van der Waals surface area contributed by atoms with E-state index in [1.165, 1.54) is 5.56 Å². The van der Waals surface area contributed by atoms with Gasteiger partial charge in [-0.2, -0.15) is 0 Å². The van der Waals surface area contributed by atoms with Crippen LogP contribution in [0.25, 0.3) is 0 Å². The Kier molecular flexibility index (Phi) is 4.54. The second kappa shape index (κ2) is 6.16. The first-order chi connectivity index (χ1) is 9.09. The van der Waals surface area contributed by atoms with Crippen LogP contribution in [0.5, 0.6) is 0 Å². The van der Waals surface area contributed by atoms with Crippen LogP contribution in [-0.2, 0) is 17.2 Å². The molecule has 0 aliphatic carbocycles. The highest BCUT2D eigenvalue weighted by Crippen LogP contribution is 2.25. The second-order valence-electron chi connectivity index (χ2n) is 5.33.